The minimum Gasteiger partial charge on any atom is -0.339 e. The summed E-state index contributed by atoms with van der Waals surface area (Å²) in [4.78, 5) is 8.91. The molecule has 6 heteroatoms. The molecule has 0 N–H and O–H groups in total. The summed E-state index contributed by atoms with van der Waals surface area (Å²) in [5.74, 6) is 1.98. The fourth-order valence-corrected chi connectivity index (χ4v) is 2.97. The van der Waals surface area contributed by atoms with E-state index in [0.717, 1.165) is 10.8 Å². The molecule has 5 nitrogen and oxygen atoms in total. The van der Waals surface area contributed by atoms with Gasteiger partial charge in [0.1, 0.15) is 0 Å². The molecule has 2 aromatic heterocycles. The number of thioether (sulfide) groups is 1. The minimum absolute atomic E-state index is 0.129. The van der Waals surface area contributed by atoms with Gasteiger partial charge in [-0.3, -0.25) is 4.57 Å². The molecule has 0 aliphatic heterocycles. The van der Waals surface area contributed by atoms with E-state index < -0.39 is 0 Å². The summed E-state index contributed by atoms with van der Waals surface area (Å²) in [5.41, 5.74) is 2.22. The minimum atomic E-state index is -0.129. The zero-order valence-corrected chi connectivity index (χ0v) is 14.6. The van der Waals surface area contributed by atoms with Crippen LogP contribution in [0.25, 0.3) is 5.69 Å². The molecule has 120 valence electrons. The Morgan fingerprint density at radius 3 is 2.70 bits per heavy atom. The van der Waals surface area contributed by atoms with Gasteiger partial charge in [-0.15, -0.1) is 0 Å². The topological polar surface area (TPSA) is 56.7 Å². The van der Waals surface area contributed by atoms with Crippen molar-refractivity contribution in [3.63, 3.8) is 0 Å². The maximum absolute atomic E-state index is 5.33. The summed E-state index contributed by atoms with van der Waals surface area (Å²) in [5, 5.41) is 4.98. The monoisotopic (exact) mass is 328 g/mol. The molecule has 23 heavy (non-hydrogen) atoms. The van der Waals surface area contributed by atoms with Crippen molar-refractivity contribution in [1.82, 2.24) is 19.7 Å². The molecular formula is C17H20N4OS. The molecule has 0 unspecified atom stereocenters. The summed E-state index contributed by atoms with van der Waals surface area (Å²) in [6.07, 6.45) is 3.78. The first-order chi connectivity index (χ1) is 10.9. The molecule has 0 fully saturated rings. The lowest BCUT2D eigenvalue weighted by molar-refractivity contribution is 0.319. The standard InChI is InChI=1S/C17H20N4OS/c1-12-7-5-6-8-13(12)21-10-9-18-16(21)23-11-14-19-15(22-20-14)17(2,3)4/h5-10H,11H2,1-4H3. The van der Waals surface area contributed by atoms with Crippen molar-refractivity contribution < 1.29 is 4.52 Å². The maximum atomic E-state index is 5.33. The van der Waals surface area contributed by atoms with Crippen LogP contribution < -0.4 is 0 Å². The molecule has 3 aromatic rings. The molecule has 0 spiro atoms. The van der Waals surface area contributed by atoms with E-state index in [1.807, 2.05) is 24.5 Å². The highest BCUT2D eigenvalue weighted by molar-refractivity contribution is 7.98. The van der Waals surface area contributed by atoms with E-state index >= 15 is 0 Å². The Bertz CT molecular complexity index is 801. The fraction of sp³-hybridized carbons (Fsp3) is 0.353. The Balaban J connectivity index is 1.77. The van der Waals surface area contributed by atoms with Crippen LogP contribution >= 0.6 is 11.8 Å². The van der Waals surface area contributed by atoms with Crippen LogP contribution in [-0.2, 0) is 11.2 Å². The summed E-state index contributed by atoms with van der Waals surface area (Å²) < 4.78 is 7.42. The second-order valence-electron chi connectivity index (χ2n) is 6.42. The Kier molecular flexibility index (Phi) is 4.26. The van der Waals surface area contributed by atoms with E-state index in [9.17, 15) is 0 Å². The van der Waals surface area contributed by atoms with E-state index in [1.165, 1.54) is 5.56 Å². The van der Waals surface area contributed by atoms with Crippen molar-refractivity contribution in [3.8, 4) is 5.69 Å². The number of aryl methyl sites for hydroxylation is 1. The van der Waals surface area contributed by atoms with Gasteiger partial charge in [0.2, 0.25) is 5.89 Å². The van der Waals surface area contributed by atoms with Crippen molar-refractivity contribution >= 4 is 11.8 Å². The fourth-order valence-electron chi connectivity index (χ4n) is 2.16. The Hall–Kier alpha value is -2.08. The Morgan fingerprint density at radius 2 is 2.00 bits per heavy atom. The first-order valence-corrected chi connectivity index (χ1v) is 8.49. The summed E-state index contributed by atoms with van der Waals surface area (Å²) in [6.45, 7) is 8.27. The number of benzene rings is 1. The quantitative estimate of drug-likeness (QED) is 0.673. The lowest BCUT2D eigenvalue weighted by Gasteiger charge is -2.10. The van der Waals surface area contributed by atoms with Crippen LogP contribution in [0.4, 0.5) is 0 Å². The van der Waals surface area contributed by atoms with Crippen LogP contribution in [0, 0.1) is 6.92 Å². The van der Waals surface area contributed by atoms with E-state index in [1.54, 1.807) is 11.8 Å². The van der Waals surface area contributed by atoms with Gasteiger partial charge in [-0.1, -0.05) is 55.9 Å². The zero-order valence-electron chi connectivity index (χ0n) is 13.8. The molecule has 0 bridgehead atoms. The number of aromatic nitrogens is 4. The summed E-state index contributed by atoms with van der Waals surface area (Å²) in [7, 11) is 0. The molecule has 0 saturated heterocycles. The third kappa shape index (κ3) is 3.47. The first kappa shape index (κ1) is 15.8. The van der Waals surface area contributed by atoms with Gasteiger partial charge in [0.05, 0.1) is 11.4 Å². The third-order valence-electron chi connectivity index (χ3n) is 3.42. The molecule has 0 atom stereocenters. The molecular weight excluding hydrogens is 308 g/mol. The largest absolute Gasteiger partial charge is 0.339 e. The third-order valence-corrected chi connectivity index (χ3v) is 4.38. The van der Waals surface area contributed by atoms with Crippen LogP contribution in [0.2, 0.25) is 0 Å². The van der Waals surface area contributed by atoms with Gasteiger partial charge in [0, 0.05) is 17.8 Å². The Labute approximate surface area is 140 Å². The van der Waals surface area contributed by atoms with Crippen LogP contribution in [0.3, 0.4) is 0 Å². The van der Waals surface area contributed by atoms with Gasteiger partial charge in [0.25, 0.3) is 0 Å². The summed E-state index contributed by atoms with van der Waals surface area (Å²) >= 11 is 1.60. The number of nitrogens with zero attached hydrogens (tertiary/aromatic N) is 4. The lowest BCUT2D eigenvalue weighted by Crippen LogP contribution is -2.11. The van der Waals surface area contributed by atoms with Crippen LogP contribution in [0.5, 0.6) is 0 Å². The van der Waals surface area contributed by atoms with Gasteiger partial charge in [0.15, 0.2) is 11.0 Å². The first-order valence-electron chi connectivity index (χ1n) is 7.50. The van der Waals surface area contributed by atoms with Crippen LogP contribution in [0.15, 0.2) is 46.3 Å². The number of rotatable bonds is 4. The van der Waals surface area contributed by atoms with E-state index in [0.29, 0.717) is 17.5 Å². The van der Waals surface area contributed by atoms with Crippen molar-refractivity contribution in [1.29, 1.82) is 0 Å². The average Bonchev–Trinajstić information content (AvgIpc) is 3.14. The van der Waals surface area contributed by atoms with Gasteiger partial charge < -0.3 is 4.52 Å². The van der Waals surface area contributed by atoms with Gasteiger partial charge in [-0.05, 0) is 18.6 Å². The van der Waals surface area contributed by atoms with Gasteiger partial charge in [-0.2, -0.15) is 4.98 Å². The van der Waals surface area contributed by atoms with Gasteiger partial charge >= 0.3 is 0 Å². The smallest absolute Gasteiger partial charge is 0.232 e. The molecule has 0 amide bonds. The molecule has 2 heterocycles. The molecule has 0 aliphatic carbocycles. The number of para-hydroxylation sites is 1. The number of hydrogen-bond donors (Lipinski definition) is 0. The van der Waals surface area contributed by atoms with E-state index in [4.69, 9.17) is 4.52 Å². The highest BCUT2D eigenvalue weighted by Gasteiger charge is 2.22. The highest BCUT2D eigenvalue weighted by Crippen LogP contribution is 2.26. The Morgan fingerprint density at radius 1 is 1.22 bits per heavy atom. The van der Waals surface area contributed by atoms with Crippen molar-refractivity contribution in [2.24, 2.45) is 0 Å². The van der Waals surface area contributed by atoms with Crippen LogP contribution in [-0.4, -0.2) is 19.7 Å². The normalized spacial score (nSPS) is 11.8. The van der Waals surface area contributed by atoms with Crippen molar-refractivity contribution in [2.75, 3.05) is 0 Å². The molecule has 1 aromatic carbocycles. The second-order valence-corrected chi connectivity index (χ2v) is 7.36. The average molecular weight is 328 g/mol. The number of hydrogen-bond acceptors (Lipinski definition) is 5. The number of imidazole rings is 1. The molecule has 0 aliphatic rings. The maximum Gasteiger partial charge on any atom is 0.232 e. The molecule has 0 saturated carbocycles. The van der Waals surface area contributed by atoms with E-state index in [-0.39, 0.29) is 5.41 Å². The van der Waals surface area contributed by atoms with E-state index in [2.05, 4.69) is 59.5 Å². The van der Waals surface area contributed by atoms with Crippen molar-refractivity contribution in [3.05, 3.63) is 53.9 Å². The van der Waals surface area contributed by atoms with Crippen molar-refractivity contribution in [2.45, 2.75) is 44.0 Å². The SMILES string of the molecule is Cc1ccccc1-n1ccnc1SCc1noc(C(C)(C)C)n1. The summed E-state index contributed by atoms with van der Waals surface area (Å²) in [6, 6.07) is 8.26. The van der Waals surface area contributed by atoms with Gasteiger partial charge in [-0.25, -0.2) is 4.98 Å². The molecule has 0 radical (unpaired) electrons. The predicted octanol–water partition coefficient (Wildman–Crippen LogP) is 4.15. The van der Waals surface area contributed by atoms with Crippen LogP contribution in [0.1, 0.15) is 38.0 Å². The zero-order chi connectivity index (χ0) is 16.4. The molecule has 3 rings (SSSR count). The predicted molar refractivity (Wildman–Crippen MR) is 90.9 cm³/mol. The second kappa shape index (κ2) is 6.20. The lowest BCUT2D eigenvalue weighted by atomic mass is 9.97. The highest BCUT2D eigenvalue weighted by atomic mass is 32.2.